The zero-order valence-electron chi connectivity index (χ0n) is 13.6. The third-order valence-corrected chi connectivity index (χ3v) is 4.78. The molecule has 24 heavy (non-hydrogen) atoms. The fraction of sp³-hybridized carbons (Fsp3) is 0.375. The molecule has 0 spiro atoms. The van der Waals surface area contributed by atoms with E-state index in [4.69, 9.17) is 0 Å². The van der Waals surface area contributed by atoms with Crippen molar-refractivity contribution in [1.29, 1.82) is 0 Å². The first-order chi connectivity index (χ1) is 11.7. The maximum atomic E-state index is 12.1. The van der Waals surface area contributed by atoms with Gasteiger partial charge in [0.2, 0.25) is 5.91 Å². The van der Waals surface area contributed by atoms with Crippen LogP contribution in [0.3, 0.4) is 0 Å². The van der Waals surface area contributed by atoms with E-state index in [0.29, 0.717) is 11.6 Å². The topological polar surface area (TPSA) is 74.2 Å². The van der Waals surface area contributed by atoms with Crippen LogP contribution in [0.5, 0.6) is 0 Å². The standard InChI is InChI=1S/C16H20N6OS/c1-21-6-8-22(9-7-21)15-10-14(18-12-19-15)20-16(23)11-24-13-2-4-17-5-3-13/h2-5,10,12H,6-9,11H2,1H3,(H,18,19,20,23). The van der Waals surface area contributed by atoms with Crippen molar-refractivity contribution in [3.8, 4) is 0 Å². The number of carbonyl (C=O) groups excluding carboxylic acids is 1. The van der Waals surface area contributed by atoms with Crippen molar-refractivity contribution in [2.24, 2.45) is 0 Å². The Balaban J connectivity index is 1.55. The summed E-state index contributed by atoms with van der Waals surface area (Å²) >= 11 is 1.47. The number of aromatic nitrogens is 3. The highest BCUT2D eigenvalue weighted by Crippen LogP contribution is 2.18. The lowest BCUT2D eigenvalue weighted by atomic mass is 10.3. The SMILES string of the molecule is CN1CCN(c2cc(NC(=O)CSc3ccncc3)ncn2)CC1. The lowest BCUT2D eigenvalue weighted by Gasteiger charge is -2.33. The van der Waals surface area contributed by atoms with Gasteiger partial charge in [0.25, 0.3) is 0 Å². The van der Waals surface area contributed by atoms with Crippen LogP contribution in [0.4, 0.5) is 11.6 Å². The number of nitrogens with zero attached hydrogens (tertiary/aromatic N) is 5. The van der Waals surface area contributed by atoms with E-state index in [2.05, 4.69) is 37.1 Å². The van der Waals surface area contributed by atoms with Gasteiger partial charge in [-0.3, -0.25) is 9.78 Å². The second kappa shape index (κ2) is 8.07. The van der Waals surface area contributed by atoms with Gasteiger partial charge in [0.05, 0.1) is 5.75 Å². The molecule has 3 heterocycles. The van der Waals surface area contributed by atoms with E-state index in [9.17, 15) is 4.79 Å². The summed E-state index contributed by atoms with van der Waals surface area (Å²) in [6.45, 7) is 3.88. The summed E-state index contributed by atoms with van der Waals surface area (Å²) in [7, 11) is 2.11. The highest BCUT2D eigenvalue weighted by molar-refractivity contribution is 8.00. The Morgan fingerprint density at radius 1 is 1.21 bits per heavy atom. The number of amides is 1. The molecule has 0 bridgehead atoms. The second-order valence-corrected chi connectivity index (χ2v) is 6.62. The molecular formula is C16H20N6OS. The summed E-state index contributed by atoms with van der Waals surface area (Å²) in [5.74, 6) is 1.65. The molecule has 1 N–H and O–H groups in total. The van der Waals surface area contributed by atoms with E-state index < -0.39 is 0 Å². The second-order valence-electron chi connectivity index (χ2n) is 5.57. The number of piperazine rings is 1. The molecule has 1 aliphatic rings. The summed E-state index contributed by atoms with van der Waals surface area (Å²) in [5.41, 5.74) is 0. The van der Waals surface area contributed by atoms with Crippen LogP contribution < -0.4 is 10.2 Å². The summed E-state index contributed by atoms with van der Waals surface area (Å²) in [5, 5.41) is 2.84. The van der Waals surface area contributed by atoms with Crippen LogP contribution in [0.2, 0.25) is 0 Å². The molecule has 0 saturated carbocycles. The van der Waals surface area contributed by atoms with Gasteiger partial charge in [0.15, 0.2) is 0 Å². The molecule has 2 aromatic heterocycles. The minimum atomic E-state index is -0.0835. The van der Waals surface area contributed by atoms with E-state index in [1.54, 1.807) is 12.4 Å². The number of likely N-dealkylation sites (N-methyl/N-ethyl adjacent to an activating group) is 1. The van der Waals surface area contributed by atoms with Crippen LogP contribution in [0, 0.1) is 0 Å². The number of carbonyl (C=O) groups is 1. The van der Waals surface area contributed by atoms with Gasteiger partial charge in [-0.2, -0.15) is 0 Å². The Bertz CT molecular complexity index is 675. The maximum Gasteiger partial charge on any atom is 0.235 e. The first kappa shape index (κ1) is 16.7. The summed E-state index contributed by atoms with van der Waals surface area (Å²) in [6, 6.07) is 5.60. The van der Waals surface area contributed by atoms with E-state index in [0.717, 1.165) is 36.9 Å². The van der Waals surface area contributed by atoms with Gasteiger partial charge in [-0.25, -0.2) is 9.97 Å². The number of nitrogens with one attached hydrogen (secondary N) is 1. The van der Waals surface area contributed by atoms with Crippen LogP contribution in [-0.2, 0) is 4.79 Å². The maximum absolute atomic E-state index is 12.1. The summed E-state index contributed by atoms with van der Waals surface area (Å²) < 4.78 is 0. The Morgan fingerprint density at radius 2 is 1.96 bits per heavy atom. The Kier molecular flexibility index (Phi) is 5.60. The van der Waals surface area contributed by atoms with E-state index in [1.165, 1.54) is 18.1 Å². The van der Waals surface area contributed by atoms with Crippen molar-refractivity contribution in [3.05, 3.63) is 36.9 Å². The number of anilines is 2. The molecule has 0 atom stereocenters. The average Bonchev–Trinajstić information content (AvgIpc) is 2.62. The minimum absolute atomic E-state index is 0.0835. The normalized spacial score (nSPS) is 15.3. The van der Waals surface area contributed by atoms with E-state index in [-0.39, 0.29) is 5.91 Å². The van der Waals surface area contributed by atoms with Crippen molar-refractivity contribution in [2.75, 3.05) is 49.2 Å². The van der Waals surface area contributed by atoms with Crippen molar-refractivity contribution in [3.63, 3.8) is 0 Å². The van der Waals surface area contributed by atoms with Gasteiger partial charge in [-0.15, -0.1) is 11.8 Å². The van der Waals surface area contributed by atoms with Gasteiger partial charge < -0.3 is 15.1 Å². The summed E-state index contributed by atoms with van der Waals surface area (Å²) in [4.78, 5) is 30.0. The zero-order valence-corrected chi connectivity index (χ0v) is 14.4. The molecule has 2 aromatic rings. The molecule has 0 radical (unpaired) electrons. The molecule has 1 saturated heterocycles. The fourth-order valence-electron chi connectivity index (χ4n) is 2.39. The number of hydrogen-bond acceptors (Lipinski definition) is 7. The molecule has 7 nitrogen and oxygen atoms in total. The van der Waals surface area contributed by atoms with Gasteiger partial charge >= 0.3 is 0 Å². The van der Waals surface area contributed by atoms with Crippen LogP contribution in [0.1, 0.15) is 0 Å². The molecular weight excluding hydrogens is 324 g/mol. The zero-order chi connectivity index (χ0) is 16.8. The van der Waals surface area contributed by atoms with E-state index in [1.807, 2.05) is 18.2 Å². The van der Waals surface area contributed by atoms with Crippen molar-refractivity contribution < 1.29 is 4.79 Å². The summed E-state index contributed by atoms with van der Waals surface area (Å²) in [6.07, 6.45) is 4.93. The third kappa shape index (κ3) is 4.65. The lowest BCUT2D eigenvalue weighted by Crippen LogP contribution is -2.44. The first-order valence-corrected chi connectivity index (χ1v) is 8.77. The quantitative estimate of drug-likeness (QED) is 0.821. The fourth-order valence-corrected chi connectivity index (χ4v) is 3.07. The predicted molar refractivity (Wildman–Crippen MR) is 95.3 cm³/mol. The average molecular weight is 344 g/mol. The molecule has 0 aromatic carbocycles. The lowest BCUT2D eigenvalue weighted by molar-refractivity contribution is -0.113. The Hall–Kier alpha value is -2.19. The molecule has 1 fully saturated rings. The first-order valence-electron chi connectivity index (χ1n) is 7.79. The van der Waals surface area contributed by atoms with Gasteiger partial charge in [0, 0.05) is 49.5 Å². The van der Waals surface area contributed by atoms with Crippen LogP contribution in [0.25, 0.3) is 0 Å². The smallest absolute Gasteiger partial charge is 0.235 e. The van der Waals surface area contributed by atoms with Crippen molar-refractivity contribution in [1.82, 2.24) is 19.9 Å². The van der Waals surface area contributed by atoms with Crippen molar-refractivity contribution in [2.45, 2.75) is 4.90 Å². The third-order valence-electron chi connectivity index (χ3n) is 3.77. The number of rotatable bonds is 5. The van der Waals surface area contributed by atoms with Gasteiger partial charge in [-0.1, -0.05) is 0 Å². The Morgan fingerprint density at radius 3 is 2.71 bits per heavy atom. The number of hydrogen-bond donors (Lipinski definition) is 1. The van der Waals surface area contributed by atoms with Crippen LogP contribution in [0.15, 0.2) is 41.8 Å². The van der Waals surface area contributed by atoms with Crippen LogP contribution in [-0.4, -0.2) is 64.7 Å². The number of pyridine rings is 1. The number of thioether (sulfide) groups is 1. The molecule has 0 unspecified atom stereocenters. The highest BCUT2D eigenvalue weighted by atomic mass is 32.2. The Labute approximate surface area is 145 Å². The van der Waals surface area contributed by atoms with E-state index >= 15 is 0 Å². The molecule has 8 heteroatoms. The molecule has 1 aliphatic heterocycles. The largest absolute Gasteiger partial charge is 0.354 e. The predicted octanol–water partition coefficient (Wildman–Crippen LogP) is 1.35. The molecule has 126 valence electrons. The monoisotopic (exact) mass is 344 g/mol. The van der Waals surface area contributed by atoms with Gasteiger partial charge in [0.1, 0.15) is 18.0 Å². The van der Waals surface area contributed by atoms with Crippen LogP contribution >= 0.6 is 11.8 Å². The molecule has 0 aliphatic carbocycles. The molecule has 1 amide bonds. The molecule has 3 rings (SSSR count). The minimum Gasteiger partial charge on any atom is -0.354 e. The van der Waals surface area contributed by atoms with Crippen molar-refractivity contribution >= 4 is 29.3 Å². The highest BCUT2D eigenvalue weighted by Gasteiger charge is 2.16. The van der Waals surface area contributed by atoms with Gasteiger partial charge in [-0.05, 0) is 19.2 Å².